The molecule has 0 aromatic heterocycles. The molecule has 1 heterocycles. The summed E-state index contributed by atoms with van der Waals surface area (Å²) >= 11 is 3.49. The molecule has 1 aromatic rings. The summed E-state index contributed by atoms with van der Waals surface area (Å²) in [6.45, 7) is 1.45. The predicted octanol–water partition coefficient (Wildman–Crippen LogP) is 3.14. The van der Waals surface area contributed by atoms with Crippen LogP contribution < -0.4 is 10.6 Å². The van der Waals surface area contributed by atoms with E-state index in [-0.39, 0.29) is 24.2 Å². The van der Waals surface area contributed by atoms with Crippen LogP contribution in [0.25, 0.3) is 0 Å². The number of anilines is 1. The fraction of sp³-hybridized carbons (Fsp3) is 0.533. The van der Waals surface area contributed by atoms with E-state index < -0.39 is 0 Å². The number of nitrogens with zero attached hydrogens (tertiary/aromatic N) is 1. The van der Waals surface area contributed by atoms with Gasteiger partial charge in [-0.3, -0.25) is 4.79 Å². The lowest BCUT2D eigenvalue weighted by atomic mass is 9.94. The minimum Gasteiger partial charge on any atom is -0.330 e. The van der Waals surface area contributed by atoms with Crippen LogP contribution in [0.1, 0.15) is 24.8 Å². The Kier molecular flexibility index (Phi) is 5.10. The highest BCUT2D eigenvalue weighted by atomic mass is 79.9. The first-order valence-electron chi connectivity index (χ1n) is 7.00. The molecule has 2 N–H and O–H groups in total. The van der Waals surface area contributed by atoms with Crippen molar-refractivity contribution in [2.24, 2.45) is 17.6 Å². The predicted molar refractivity (Wildman–Crippen MR) is 87.3 cm³/mol. The summed E-state index contributed by atoms with van der Waals surface area (Å²) in [6, 6.07) is 6.22. The third-order valence-electron chi connectivity index (χ3n) is 4.49. The van der Waals surface area contributed by atoms with E-state index in [0.717, 1.165) is 42.4 Å². The SMILES string of the molecule is Cl.NC[C@H]1CCC[C@H]1C(=O)N1CCc2ccc(Br)cc21. The number of hydrogen-bond acceptors (Lipinski definition) is 2. The van der Waals surface area contributed by atoms with E-state index in [1.165, 1.54) is 5.56 Å². The second-order valence-electron chi connectivity index (χ2n) is 5.55. The van der Waals surface area contributed by atoms with Gasteiger partial charge in [0.25, 0.3) is 0 Å². The second kappa shape index (κ2) is 6.46. The van der Waals surface area contributed by atoms with E-state index in [1.807, 2.05) is 11.0 Å². The zero-order valence-corrected chi connectivity index (χ0v) is 13.8. The lowest BCUT2D eigenvalue weighted by Gasteiger charge is -2.24. The molecule has 1 saturated carbocycles. The molecule has 0 unspecified atom stereocenters. The van der Waals surface area contributed by atoms with Crippen molar-refractivity contribution in [1.29, 1.82) is 0 Å². The number of rotatable bonds is 2. The highest BCUT2D eigenvalue weighted by Crippen LogP contribution is 2.37. The minimum atomic E-state index is 0. The van der Waals surface area contributed by atoms with Gasteiger partial charge in [0.15, 0.2) is 0 Å². The van der Waals surface area contributed by atoms with Crippen molar-refractivity contribution >= 4 is 39.9 Å². The van der Waals surface area contributed by atoms with Gasteiger partial charge in [0.1, 0.15) is 0 Å². The Bertz CT molecular complexity index is 509. The molecular weight excluding hydrogens is 340 g/mol. The first-order chi connectivity index (χ1) is 9.20. The van der Waals surface area contributed by atoms with Crippen molar-refractivity contribution in [3.63, 3.8) is 0 Å². The summed E-state index contributed by atoms with van der Waals surface area (Å²) in [6.07, 6.45) is 4.21. The van der Waals surface area contributed by atoms with Crippen molar-refractivity contribution in [1.82, 2.24) is 0 Å². The largest absolute Gasteiger partial charge is 0.330 e. The van der Waals surface area contributed by atoms with E-state index >= 15 is 0 Å². The monoisotopic (exact) mass is 358 g/mol. The van der Waals surface area contributed by atoms with Crippen LogP contribution in [-0.4, -0.2) is 19.0 Å². The van der Waals surface area contributed by atoms with Crippen molar-refractivity contribution in [3.05, 3.63) is 28.2 Å². The fourth-order valence-corrected chi connectivity index (χ4v) is 3.77. The molecular formula is C15H20BrClN2O. The fourth-order valence-electron chi connectivity index (χ4n) is 3.43. The molecule has 1 aromatic carbocycles. The summed E-state index contributed by atoms with van der Waals surface area (Å²) in [5, 5.41) is 0. The second-order valence-corrected chi connectivity index (χ2v) is 6.46. The minimum absolute atomic E-state index is 0. The molecule has 1 aliphatic heterocycles. The Balaban J connectivity index is 0.00000147. The summed E-state index contributed by atoms with van der Waals surface area (Å²) in [5.41, 5.74) is 8.16. The Hall–Kier alpha value is -0.580. The van der Waals surface area contributed by atoms with E-state index in [4.69, 9.17) is 5.73 Å². The van der Waals surface area contributed by atoms with Gasteiger partial charge in [0.2, 0.25) is 5.91 Å². The zero-order chi connectivity index (χ0) is 13.4. The molecule has 0 saturated heterocycles. The molecule has 3 rings (SSSR count). The van der Waals surface area contributed by atoms with Crippen LogP contribution in [0.2, 0.25) is 0 Å². The maximum Gasteiger partial charge on any atom is 0.230 e. The average Bonchev–Trinajstić information content (AvgIpc) is 3.03. The number of halogens is 2. The van der Waals surface area contributed by atoms with E-state index in [0.29, 0.717) is 12.5 Å². The summed E-state index contributed by atoms with van der Waals surface area (Å²) in [5.74, 6) is 0.795. The van der Waals surface area contributed by atoms with E-state index in [1.54, 1.807) is 0 Å². The Morgan fingerprint density at radius 1 is 1.40 bits per heavy atom. The lowest BCUT2D eigenvalue weighted by Crippen LogP contribution is -2.38. The number of fused-ring (bicyclic) bond motifs is 1. The van der Waals surface area contributed by atoms with Gasteiger partial charge in [-0.2, -0.15) is 0 Å². The van der Waals surface area contributed by atoms with Gasteiger partial charge in [-0.25, -0.2) is 0 Å². The van der Waals surface area contributed by atoms with Crippen LogP contribution in [0.4, 0.5) is 5.69 Å². The van der Waals surface area contributed by atoms with Gasteiger partial charge in [0.05, 0.1) is 0 Å². The van der Waals surface area contributed by atoms with E-state index in [2.05, 4.69) is 28.1 Å². The maximum atomic E-state index is 12.7. The van der Waals surface area contributed by atoms with Gasteiger partial charge < -0.3 is 10.6 Å². The van der Waals surface area contributed by atoms with Gasteiger partial charge >= 0.3 is 0 Å². The van der Waals surface area contributed by atoms with Crippen molar-refractivity contribution in [2.75, 3.05) is 18.0 Å². The van der Waals surface area contributed by atoms with Crippen LogP contribution in [0.5, 0.6) is 0 Å². The van der Waals surface area contributed by atoms with Crippen molar-refractivity contribution in [2.45, 2.75) is 25.7 Å². The molecule has 1 amide bonds. The number of carbonyl (C=O) groups is 1. The highest BCUT2D eigenvalue weighted by Gasteiger charge is 2.37. The zero-order valence-electron chi connectivity index (χ0n) is 11.3. The standard InChI is InChI=1S/C15H19BrN2O.ClH/c16-12-5-4-10-6-7-18(14(10)8-12)15(19)13-3-1-2-11(13)9-17;/h4-5,8,11,13H,1-3,6-7,9,17H2;1H/t11-,13-;/m1./s1. The molecule has 20 heavy (non-hydrogen) atoms. The maximum absolute atomic E-state index is 12.7. The topological polar surface area (TPSA) is 46.3 Å². The molecule has 0 bridgehead atoms. The van der Waals surface area contributed by atoms with E-state index in [9.17, 15) is 4.79 Å². The van der Waals surface area contributed by atoms with Crippen molar-refractivity contribution in [3.8, 4) is 0 Å². The Labute approximate surface area is 134 Å². The molecule has 5 heteroatoms. The molecule has 0 radical (unpaired) electrons. The Morgan fingerprint density at radius 2 is 2.20 bits per heavy atom. The van der Waals surface area contributed by atoms with Crippen LogP contribution in [0.3, 0.4) is 0 Å². The number of benzene rings is 1. The summed E-state index contributed by atoms with van der Waals surface area (Å²) in [7, 11) is 0. The summed E-state index contributed by atoms with van der Waals surface area (Å²) in [4.78, 5) is 14.7. The van der Waals surface area contributed by atoms with Gasteiger partial charge in [0, 0.05) is 22.6 Å². The molecule has 1 aliphatic carbocycles. The smallest absolute Gasteiger partial charge is 0.230 e. The highest BCUT2D eigenvalue weighted by molar-refractivity contribution is 9.10. The normalized spacial score (nSPS) is 24.4. The third kappa shape index (κ3) is 2.74. The van der Waals surface area contributed by atoms with Crippen LogP contribution in [0.15, 0.2) is 22.7 Å². The summed E-state index contributed by atoms with van der Waals surface area (Å²) < 4.78 is 1.03. The number of carbonyl (C=O) groups excluding carboxylic acids is 1. The molecule has 3 nitrogen and oxygen atoms in total. The molecule has 2 atom stereocenters. The number of amides is 1. The molecule has 1 fully saturated rings. The number of nitrogens with two attached hydrogens (primary N) is 1. The molecule has 2 aliphatic rings. The average molecular weight is 360 g/mol. The lowest BCUT2D eigenvalue weighted by molar-refractivity contribution is -0.123. The van der Waals surface area contributed by atoms with Crippen LogP contribution >= 0.6 is 28.3 Å². The first kappa shape index (κ1) is 15.8. The van der Waals surface area contributed by atoms with Gasteiger partial charge in [-0.1, -0.05) is 28.4 Å². The number of hydrogen-bond donors (Lipinski definition) is 1. The Morgan fingerprint density at radius 3 is 2.95 bits per heavy atom. The van der Waals surface area contributed by atoms with Gasteiger partial charge in [-0.05, 0) is 49.4 Å². The molecule has 110 valence electrons. The first-order valence-corrected chi connectivity index (χ1v) is 7.80. The third-order valence-corrected chi connectivity index (χ3v) is 4.98. The van der Waals surface area contributed by atoms with Crippen LogP contribution in [0, 0.1) is 11.8 Å². The molecule has 0 spiro atoms. The van der Waals surface area contributed by atoms with Gasteiger partial charge in [-0.15, -0.1) is 12.4 Å². The quantitative estimate of drug-likeness (QED) is 0.882. The van der Waals surface area contributed by atoms with Crippen molar-refractivity contribution < 1.29 is 4.79 Å². The van der Waals surface area contributed by atoms with Crippen LogP contribution in [-0.2, 0) is 11.2 Å².